The van der Waals surface area contributed by atoms with Crippen LogP contribution in [0.15, 0.2) is 46.0 Å². The average molecular weight is 511 g/mol. The Labute approximate surface area is 205 Å². The molecule has 1 aromatic heterocycles. The molecule has 2 N–H and O–H groups in total. The standard InChI is InChI=1S/C22H24Cl2N4O4S/c1-2-28-19(15-4-3-13(23)9-16(15)24)18(22(30)31)17(26-20(28)21-25-5-8-33-21)10-27-6-7-32-12-14(27)11-29/h3-5,8-9,14,19,29H,2,6-7,10-12H2,1H3,(H,30,31)/t14-,19?/m0/s1. The topological polar surface area (TPSA) is 98.5 Å². The molecule has 8 nitrogen and oxygen atoms in total. The van der Waals surface area contributed by atoms with E-state index in [1.165, 1.54) is 11.3 Å². The van der Waals surface area contributed by atoms with E-state index in [1.807, 2.05) is 22.1 Å². The Morgan fingerprint density at radius 3 is 2.82 bits per heavy atom. The maximum absolute atomic E-state index is 12.6. The van der Waals surface area contributed by atoms with Gasteiger partial charge in [-0.1, -0.05) is 29.3 Å². The van der Waals surface area contributed by atoms with Crippen molar-refractivity contribution in [1.29, 1.82) is 0 Å². The molecule has 11 heteroatoms. The van der Waals surface area contributed by atoms with E-state index in [2.05, 4.69) is 4.98 Å². The Morgan fingerprint density at radius 1 is 1.36 bits per heavy atom. The monoisotopic (exact) mass is 510 g/mol. The Kier molecular flexibility index (Phi) is 7.68. The number of ether oxygens (including phenoxy) is 1. The summed E-state index contributed by atoms with van der Waals surface area (Å²) in [4.78, 5) is 25.8. The third-order valence-electron chi connectivity index (χ3n) is 5.77. The molecule has 1 fully saturated rings. The number of morpholine rings is 1. The quantitative estimate of drug-likeness (QED) is 0.589. The molecule has 0 radical (unpaired) electrons. The van der Waals surface area contributed by atoms with Gasteiger partial charge in [0.25, 0.3) is 0 Å². The van der Waals surface area contributed by atoms with Crippen LogP contribution in [-0.2, 0) is 9.53 Å². The predicted octanol–water partition coefficient (Wildman–Crippen LogP) is 3.31. The molecular formula is C22H24Cl2N4O4S. The summed E-state index contributed by atoms with van der Waals surface area (Å²) in [6.07, 6.45) is 1.69. The molecule has 176 valence electrons. The van der Waals surface area contributed by atoms with Gasteiger partial charge in [-0.25, -0.2) is 14.8 Å². The van der Waals surface area contributed by atoms with Crippen LogP contribution in [0.5, 0.6) is 0 Å². The van der Waals surface area contributed by atoms with Gasteiger partial charge in [-0.2, -0.15) is 0 Å². The minimum atomic E-state index is -1.07. The normalized spacial score (nSPS) is 21.9. The van der Waals surface area contributed by atoms with Crippen molar-refractivity contribution in [3.05, 3.63) is 61.7 Å². The number of hydrogen-bond donors (Lipinski definition) is 2. The van der Waals surface area contributed by atoms with Crippen molar-refractivity contribution in [2.24, 2.45) is 4.99 Å². The number of halogens is 2. The highest BCUT2D eigenvalue weighted by atomic mass is 35.5. The number of carbonyl (C=O) groups is 1. The molecule has 0 amide bonds. The van der Waals surface area contributed by atoms with Crippen LogP contribution in [-0.4, -0.2) is 82.3 Å². The number of aliphatic hydroxyl groups excluding tert-OH is 1. The molecule has 1 saturated heterocycles. The van der Waals surface area contributed by atoms with E-state index in [4.69, 9.17) is 32.9 Å². The zero-order valence-electron chi connectivity index (χ0n) is 17.9. The van der Waals surface area contributed by atoms with Crippen molar-refractivity contribution in [1.82, 2.24) is 14.8 Å². The summed E-state index contributed by atoms with van der Waals surface area (Å²) in [5.41, 5.74) is 1.18. The van der Waals surface area contributed by atoms with E-state index in [-0.39, 0.29) is 24.8 Å². The van der Waals surface area contributed by atoms with Crippen LogP contribution >= 0.6 is 34.5 Å². The molecule has 1 unspecified atom stereocenters. The Hall–Kier alpha value is -2.01. The van der Waals surface area contributed by atoms with Gasteiger partial charge >= 0.3 is 5.97 Å². The third kappa shape index (κ3) is 4.94. The second-order valence-electron chi connectivity index (χ2n) is 7.67. The molecule has 2 aliphatic heterocycles. The third-order valence-corrected chi connectivity index (χ3v) is 7.11. The second kappa shape index (κ2) is 10.5. The fraction of sp³-hybridized carbons (Fsp3) is 0.409. The molecule has 2 atom stereocenters. The van der Waals surface area contributed by atoms with E-state index >= 15 is 0 Å². The molecule has 0 saturated carbocycles. The number of hydrogen-bond acceptors (Lipinski definition) is 8. The summed E-state index contributed by atoms with van der Waals surface area (Å²) >= 11 is 14.1. The fourth-order valence-corrected chi connectivity index (χ4v) is 5.34. The van der Waals surface area contributed by atoms with Gasteiger partial charge in [0.2, 0.25) is 0 Å². The van der Waals surface area contributed by atoms with Crippen LogP contribution in [0.3, 0.4) is 0 Å². The number of aliphatic carboxylic acids is 1. The summed E-state index contributed by atoms with van der Waals surface area (Å²) < 4.78 is 5.48. The van der Waals surface area contributed by atoms with Crippen LogP contribution in [0.1, 0.15) is 23.5 Å². The number of aliphatic hydroxyl groups is 1. The Morgan fingerprint density at radius 2 is 2.18 bits per heavy atom. The predicted molar refractivity (Wildman–Crippen MR) is 128 cm³/mol. The first-order valence-corrected chi connectivity index (χ1v) is 12.2. The number of carboxylic acids is 1. The number of carboxylic acid groups (broad SMARTS) is 1. The number of rotatable bonds is 7. The number of nitrogens with zero attached hydrogens (tertiary/aromatic N) is 4. The molecular weight excluding hydrogens is 487 g/mol. The van der Waals surface area contributed by atoms with E-state index in [0.717, 1.165) is 0 Å². The highest BCUT2D eigenvalue weighted by molar-refractivity contribution is 7.11. The van der Waals surface area contributed by atoms with Gasteiger partial charge in [0.15, 0.2) is 10.8 Å². The SMILES string of the molecule is CCN1C(c2nccs2)=NC(CN2CCOC[C@@H]2CO)=C(C(=O)O)C1c1ccc(Cl)cc1Cl. The van der Waals surface area contributed by atoms with E-state index in [9.17, 15) is 15.0 Å². The van der Waals surface area contributed by atoms with Crippen molar-refractivity contribution in [3.8, 4) is 0 Å². The number of thiazole rings is 1. The van der Waals surface area contributed by atoms with Crippen molar-refractivity contribution in [2.45, 2.75) is 19.0 Å². The molecule has 0 aliphatic carbocycles. The largest absolute Gasteiger partial charge is 0.478 e. The van der Waals surface area contributed by atoms with Crippen LogP contribution in [0.25, 0.3) is 0 Å². The average Bonchev–Trinajstić information content (AvgIpc) is 3.33. The van der Waals surface area contributed by atoms with Gasteiger partial charge in [-0.15, -0.1) is 11.3 Å². The van der Waals surface area contributed by atoms with Crippen molar-refractivity contribution in [3.63, 3.8) is 0 Å². The number of benzene rings is 1. The summed E-state index contributed by atoms with van der Waals surface area (Å²) in [7, 11) is 0. The van der Waals surface area contributed by atoms with Crippen molar-refractivity contribution >= 4 is 46.3 Å². The maximum atomic E-state index is 12.6. The lowest BCUT2D eigenvalue weighted by molar-refractivity contribution is -0.133. The first-order chi connectivity index (χ1) is 15.9. The highest BCUT2D eigenvalue weighted by Crippen LogP contribution is 2.40. The van der Waals surface area contributed by atoms with E-state index in [0.29, 0.717) is 58.5 Å². The minimum absolute atomic E-state index is 0.0910. The first kappa shape index (κ1) is 24.1. The molecule has 2 aliphatic rings. The lowest BCUT2D eigenvalue weighted by atomic mass is 9.93. The molecule has 1 aromatic carbocycles. The van der Waals surface area contributed by atoms with Crippen LogP contribution in [0, 0.1) is 0 Å². The molecule has 0 bridgehead atoms. The van der Waals surface area contributed by atoms with Crippen LogP contribution in [0.2, 0.25) is 10.0 Å². The lowest BCUT2D eigenvalue weighted by Gasteiger charge is -2.40. The number of amidine groups is 1. The molecule has 4 rings (SSSR count). The van der Waals surface area contributed by atoms with Gasteiger partial charge in [0.05, 0.1) is 43.2 Å². The second-order valence-corrected chi connectivity index (χ2v) is 9.41. The molecule has 33 heavy (non-hydrogen) atoms. The zero-order valence-corrected chi connectivity index (χ0v) is 20.3. The molecule has 2 aromatic rings. The molecule has 3 heterocycles. The maximum Gasteiger partial charge on any atom is 0.335 e. The van der Waals surface area contributed by atoms with E-state index < -0.39 is 12.0 Å². The summed E-state index contributed by atoms with van der Waals surface area (Å²) in [5, 5.41) is 23.5. The Balaban J connectivity index is 1.89. The van der Waals surface area contributed by atoms with Crippen LogP contribution < -0.4 is 0 Å². The van der Waals surface area contributed by atoms with Crippen molar-refractivity contribution in [2.75, 3.05) is 39.5 Å². The van der Waals surface area contributed by atoms with Gasteiger partial charge in [0.1, 0.15) is 0 Å². The minimum Gasteiger partial charge on any atom is -0.478 e. The first-order valence-electron chi connectivity index (χ1n) is 10.5. The summed E-state index contributed by atoms with van der Waals surface area (Å²) in [5.74, 6) is -0.479. The summed E-state index contributed by atoms with van der Waals surface area (Å²) in [6, 6.07) is 4.16. The highest BCUT2D eigenvalue weighted by Gasteiger charge is 2.39. The molecule has 0 spiro atoms. The van der Waals surface area contributed by atoms with Crippen LogP contribution in [0.4, 0.5) is 0 Å². The van der Waals surface area contributed by atoms with Gasteiger partial charge in [-0.05, 0) is 24.6 Å². The van der Waals surface area contributed by atoms with Gasteiger partial charge in [-0.3, -0.25) is 4.90 Å². The van der Waals surface area contributed by atoms with Crippen molar-refractivity contribution < 1.29 is 19.7 Å². The van der Waals surface area contributed by atoms with Gasteiger partial charge < -0.3 is 19.8 Å². The number of aromatic nitrogens is 1. The van der Waals surface area contributed by atoms with E-state index in [1.54, 1.807) is 24.4 Å². The fourth-order valence-electron chi connectivity index (χ4n) is 4.19. The Bertz CT molecular complexity index is 1080. The lowest BCUT2D eigenvalue weighted by Crippen LogP contribution is -2.49. The number of likely N-dealkylation sites (N-methyl/N-ethyl adjacent to an activating group) is 1. The number of aliphatic imine (C=N–C) groups is 1. The smallest absolute Gasteiger partial charge is 0.335 e. The van der Waals surface area contributed by atoms with Gasteiger partial charge in [0, 0.05) is 41.3 Å². The summed E-state index contributed by atoms with van der Waals surface area (Å²) in [6.45, 7) is 4.03. The zero-order chi connectivity index (χ0) is 23.5.